The van der Waals surface area contributed by atoms with Crippen LogP contribution in [0.5, 0.6) is 0 Å². The van der Waals surface area contributed by atoms with E-state index in [1.807, 2.05) is 14.0 Å². The number of likely N-dealkylation sites (tertiary alicyclic amines) is 1. The van der Waals surface area contributed by atoms with Crippen LogP contribution in [-0.2, 0) is 16.6 Å². The topological polar surface area (TPSA) is 61.4 Å². The van der Waals surface area contributed by atoms with Gasteiger partial charge in [0.25, 0.3) is 0 Å². The van der Waals surface area contributed by atoms with E-state index in [1.54, 1.807) is 6.07 Å². The van der Waals surface area contributed by atoms with Crippen molar-refractivity contribution in [2.75, 3.05) is 33.7 Å². The molecule has 5 nitrogen and oxygen atoms in total. The molecule has 0 spiro atoms. The summed E-state index contributed by atoms with van der Waals surface area (Å²) in [5.74, 6) is 0.451. The van der Waals surface area contributed by atoms with Crippen LogP contribution in [0, 0.1) is 12.8 Å². The summed E-state index contributed by atoms with van der Waals surface area (Å²) in [5, 5.41) is 3.05. The van der Waals surface area contributed by atoms with Gasteiger partial charge >= 0.3 is 0 Å². The fourth-order valence-electron chi connectivity index (χ4n) is 2.62. The Morgan fingerprint density at radius 3 is 2.67 bits per heavy atom. The average Bonchev–Trinajstić information content (AvgIpc) is 2.80. The molecule has 0 aliphatic carbocycles. The summed E-state index contributed by atoms with van der Waals surface area (Å²) in [6, 6.07) is 1.79. The van der Waals surface area contributed by atoms with E-state index >= 15 is 0 Å². The Balaban J connectivity index is 1.98. The van der Waals surface area contributed by atoms with Gasteiger partial charge in [0, 0.05) is 22.8 Å². The Bertz CT molecular complexity index is 561. The highest BCUT2D eigenvalue weighted by atomic mass is 32.2. The zero-order chi connectivity index (χ0) is 15.5. The van der Waals surface area contributed by atoms with Gasteiger partial charge in [-0.3, -0.25) is 0 Å². The van der Waals surface area contributed by atoms with Crippen LogP contribution in [-0.4, -0.2) is 47.0 Å². The fraction of sp³-hybridized carbons (Fsp3) is 0.714. The number of nitrogens with one attached hydrogen (secondary N) is 2. The second-order valence-corrected chi connectivity index (χ2v) is 8.84. The van der Waals surface area contributed by atoms with Crippen LogP contribution in [0.25, 0.3) is 0 Å². The molecule has 120 valence electrons. The van der Waals surface area contributed by atoms with E-state index in [4.69, 9.17) is 0 Å². The number of rotatable bonds is 6. The van der Waals surface area contributed by atoms with E-state index in [9.17, 15) is 8.42 Å². The van der Waals surface area contributed by atoms with E-state index in [0.29, 0.717) is 23.9 Å². The van der Waals surface area contributed by atoms with Crippen LogP contribution in [0.15, 0.2) is 11.0 Å². The molecule has 1 aromatic heterocycles. The van der Waals surface area contributed by atoms with Gasteiger partial charge < -0.3 is 10.2 Å². The zero-order valence-corrected chi connectivity index (χ0v) is 14.6. The maximum absolute atomic E-state index is 12.4. The maximum atomic E-state index is 12.4. The second-order valence-electron chi connectivity index (χ2n) is 5.76. The Morgan fingerprint density at radius 1 is 1.38 bits per heavy atom. The van der Waals surface area contributed by atoms with Gasteiger partial charge in [0.15, 0.2) is 0 Å². The lowest BCUT2D eigenvalue weighted by atomic mass is 9.98. The predicted octanol–water partition coefficient (Wildman–Crippen LogP) is 1.40. The number of nitrogens with zero attached hydrogens (tertiary/aromatic N) is 1. The molecule has 0 atom stereocenters. The third kappa shape index (κ3) is 4.50. The van der Waals surface area contributed by atoms with Gasteiger partial charge in [0.2, 0.25) is 10.0 Å². The number of sulfonamides is 1. The maximum Gasteiger partial charge on any atom is 0.241 e. The van der Waals surface area contributed by atoms with Gasteiger partial charge in [-0.15, -0.1) is 11.3 Å². The van der Waals surface area contributed by atoms with Gasteiger partial charge in [0.1, 0.15) is 0 Å². The van der Waals surface area contributed by atoms with Crippen molar-refractivity contribution < 1.29 is 8.42 Å². The summed E-state index contributed by atoms with van der Waals surface area (Å²) < 4.78 is 27.7. The lowest BCUT2D eigenvalue weighted by molar-refractivity contribution is 0.220. The van der Waals surface area contributed by atoms with Gasteiger partial charge in [-0.1, -0.05) is 0 Å². The summed E-state index contributed by atoms with van der Waals surface area (Å²) in [6.07, 6.45) is 2.12. The highest BCUT2D eigenvalue weighted by Gasteiger charge is 2.23. The van der Waals surface area contributed by atoms with Crippen molar-refractivity contribution in [3.8, 4) is 0 Å². The van der Waals surface area contributed by atoms with Gasteiger partial charge in [-0.25, -0.2) is 13.1 Å². The second kappa shape index (κ2) is 7.19. The first kappa shape index (κ1) is 16.9. The monoisotopic (exact) mass is 331 g/mol. The van der Waals surface area contributed by atoms with Gasteiger partial charge in [-0.2, -0.15) is 0 Å². The van der Waals surface area contributed by atoms with Crippen LogP contribution in [0.1, 0.15) is 22.6 Å². The Labute approximate surface area is 131 Å². The molecule has 2 rings (SSSR count). The van der Waals surface area contributed by atoms with Crippen molar-refractivity contribution in [3.05, 3.63) is 15.8 Å². The molecule has 1 aliphatic rings. The van der Waals surface area contributed by atoms with Crippen LogP contribution < -0.4 is 10.0 Å². The molecule has 0 aromatic carbocycles. The molecule has 0 amide bonds. The Hall–Kier alpha value is -0.470. The molecule has 0 unspecified atom stereocenters. The van der Waals surface area contributed by atoms with E-state index in [-0.39, 0.29) is 0 Å². The lowest BCUT2D eigenvalue weighted by Crippen LogP contribution is -2.36. The molecule has 1 aliphatic heterocycles. The largest absolute Gasteiger partial charge is 0.315 e. The Morgan fingerprint density at radius 2 is 2.05 bits per heavy atom. The van der Waals surface area contributed by atoms with Crippen LogP contribution in [0.3, 0.4) is 0 Å². The normalized spacial score (nSPS) is 18.2. The van der Waals surface area contributed by atoms with Crippen LogP contribution >= 0.6 is 11.3 Å². The molecule has 2 heterocycles. The molecule has 21 heavy (non-hydrogen) atoms. The van der Waals surface area contributed by atoms with E-state index in [2.05, 4.69) is 22.0 Å². The van der Waals surface area contributed by atoms with Crippen molar-refractivity contribution >= 4 is 21.4 Å². The quantitative estimate of drug-likeness (QED) is 0.827. The molecule has 0 saturated carbocycles. The van der Waals surface area contributed by atoms with Crippen LogP contribution in [0.4, 0.5) is 0 Å². The minimum atomic E-state index is -3.38. The highest BCUT2D eigenvalue weighted by molar-refractivity contribution is 7.89. The van der Waals surface area contributed by atoms with Crippen molar-refractivity contribution in [1.29, 1.82) is 0 Å². The van der Waals surface area contributed by atoms with Gasteiger partial charge in [0.05, 0.1) is 4.90 Å². The third-order valence-corrected chi connectivity index (χ3v) is 6.69. The molecule has 0 bridgehead atoms. The average molecular weight is 332 g/mol. The third-order valence-electron chi connectivity index (χ3n) is 3.96. The molecule has 7 heteroatoms. The number of hydrogen-bond acceptors (Lipinski definition) is 5. The van der Waals surface area contributed by atoms with Crippen molar-refractivity contribution in [3.63, 3.8) is 0 Å². The Kier molecular flexibility index (Phi) is 5.79. The number of thiophene rings is 1. The smallest absolute Gasteiger partial charge is 0.241 e. The SMILES string of the molecule is CNCc1cc(S(=O)(=O)NCC2CCN(C)CC2)c(C)s1. The summed E-state index contributed by atoms with van der Waals surface area (Å²) in [7, 11) is 0.590. The van der Waals surface area contributed by atoms with Crippen molar-refractivity contribution in [2.45, 2.75) is 31.2 Å². The molecule has 1 aromatic rings. The van der Waals surface area contributed by atoms with E-state index in [0.717, 1.165) is 35.7 Å². The van der Waals surface area contributed by atoms with E-state index in [1.165, 1.54) is 11.3 Å². The first-order chi connectivity index (χ1) is 9.92. The standard InChI is InChI=1S/C14H25N3O2S2/c1-11-14(8-13(20-11)10-15-2)21(18,19)16-9-12-4-6-17(3)7-5-12/h8,12,15-16H,4-7,9-10H2,1-3H3. The number of hydrogen-bond donors (Lipinski definition) is 2. The van der Waals surface area contributed by atoms with Crippen molar-refractivity contribution in [2.24, 2.45) is 5.92 Å². The number of piperidine rings is 1. The molecular formula is C14H25N3O2S2. The summed E-state index contributed by atoms with van der Waals surface area (Å²) in [4.78, 5) is 4.63. The van der Waals surface area contributed by atoms with E-state index < -0.39 is 10.0 Å². The van der Waals surface area contributed by atoms with Crippen molar-refractivity contribution in [1.82, 2.24) is 14.9 Å². The summed E-state index contributed by atoms with van der Waals surface area (Å²) in [5.41, 5.74) is 0. The summed E-state index contributed by atoms with van der Waals surface area (Å²) in [6.45, 7) is 5.23. The summed E-state index contributed by atoms with van der Waals surface area (Å²) >= 11 is 1.54. The molecule has 1 fully saturated rings. The molecule has 2 N–H and O–H groups in total. The van der Waals surface area contributed by atoms with Crippen LogP contribution in [0.2, 0.25) is 0 Å². The first-order valence-corrected chi connectivity index (χ1v) is 9.64. The minimum absolute atomic E-state index is 0.436. The molecule has 1 saturated heterocycles. The number of aryl methyl sites for hydroxylation is 1. The highest BCUT2D eigenvalue weighted by Crippen LogP contribution is 2.26. The molecular weight excluding hydrogens is 306 g/mol. The minimum Gasteiger partial charge on any atom is -0.315 e. The fourth-order valence-corrected chi connectivity index (χ4v) is 5.39. The first-order valence-electron chi connectivity index (χ1n) is 7.34. The van der Waals surface area contributed by atoms with Gasteiger partial charge in [-0.05, 0) is 58.9 Å². The lowest BCUT2D eigenvalue weighted by Gasteiger charge is -2.28. The zero-order valence-electron chi connectivity index (χ0n) is 13.0. The predicted molar refractivity (Wildman–Crippen MR) is 87.2 cm³/mol. The molecule has 0 radical (unpaired) electrons.